The quantitative estimate of drug-likeness (QED) is 0.745. The SMILES string of the molecule is CC(C)CCNC(=O)[C@@H]1CN(C(=S)NC(C)C)C[C@@H]1c1ccc(F)cc1. The zero-order chi connectivity index (χ0) is 19.3. The fourth-order valence-corrected chi connectivity index (χ4v) is 3.62. The molecule has 2 rings (SSSR count). The van der Waals surface area contributed by atoms with Gasteiger partial charge in [0.25, 0.3) is 0 Å². The lowest BCUT2D eigenvalue weighted by atomic mass is 9.88. The molecule has 0 unspecified atom stereocenters. The van der Waals surface area contributed by atoms with Crippen molar-refractivity contribution in [1.82, 2.24) is 15.5 Å². The summed E-state index contributed by atoms with van der Waals surface area (Å²) >= 11 is 5.50. The molecule has 0 bridgehead atoms. The molecule has 1 fully saturated rings. The molecule has 26 heavy (non-hydrogen) atoms. The summed E-state index contributed by atoms with van der Waals surface area (Å²) in [5.41, 5.74) is 0.977. The van der Waals surface area contributed by atoms with Crippen molar-refractivity contribution in [1.29, 1.82) is 0 Å². The van der Waals surface area contributed by atoms with Crippen molar-refractivity contribution in [2.45, 2.75) is 46.1 Å². The van der Waals surface area contributed by atoms with Crippen LogP contribution in [0.5, 0.6) is 0 Å². The van der Waals surface area contributed by atoms with Gasteiger partial charge in [-0.25, -0.2) is 4.39 Å². The van der Waals surface area contributed by atoms with Crippen LogP contribution in [0.25, 0.3) is 0 Å². The highest BCUT2D eigenvalue weighted by Crippen LogP contribution is 2.33. The molecule has 1 saturated heterocycles. The van der Waals surface area contributed by atoms with E-state index in [-0.39, 0.29) is 29.6 Å². The number of hydrogen-bond donors (Lipinski definition) is 2. The Morgan fingerprint density at radius 3 is 2.46 bits per heavy atom. The molecule has 0 aliphatic carbocycles. The zero-order valence-electron chi connectivity index (χ0n) is 16.1. The van der Waals surface area contributed by atoms with Gasteiger partial charge in [-0.15, -0.1) is 0 Å². The summed E-state index contributed by atoms with van der Waals surface area (Å²) in [4.78, 5) is 14.8. The fraction of sp³-hybridized carbons (Fsp3) is 0.600. The van der Waals surface area contributed by atoms with E-state index in [1.807, 2.05) is 13.8 Å². The maximum absolute atomic E-state index is 13.3. The molecule has 2 N–H and O–H groups in total. The molecule has 1 aliphatic heterocycles. The van der Waals surface area contributed by atoms with E-state index in [9.17, 15) is 9.18 Å². The first-order chi connectivity index (χ1) is 12.3. The molecule has 0 aromatic heterocycles. The van der Waals surface area contributed by atoms with Crippen molar-refractivity contribution in [3.05, 3.63) is 35.6 Å². The van der Waals surface area contributed by atoms with Crippen LogP contribution in [0.1, 0.15) is 45.6 Å². The van der Waals surface area contributed by atoms with Gasteiger partial charge in [-0.05, 0) is 56.1 Å². The van der Waals surface area contributed by atoms with Crippen LogP contribution in [0.4, 0.5) is 4.39 Å². The number of carbonyl (C=O) groups excluding carboxylic acids is 1. The lowest BCUT2D eigenvalue weighted by Gasteiger charge is -2.22. The number of amides is 1. The number of halogens is 1. The summed E-state index contributed by atoms with van der Waals surface area (Å²) in [6, 6.07) is 6.70. The highest BCUT2D eigenvalue weighted by Gasteiger charge is 2.39. The fourth-order valence-electron chi connectivity index (χ4n) is 3.24. The summed E-state index contributed by atoms with van der Waals surface area (Å²) < 4.78 is 13.3. The summed E-state index contributed by atoms with van der Waals surface area (Å²) in [7, 11) is 0. The van der Waals surface area contributed by atoms with Gasteiger partial charge in [0.1, 0.15) is 5.82 Å². The van der Waals surface area contributed by atoms with Crippen LogP contribution in [-0.4, -0.2) is 41.6 Å². The third-order valence-electron chi connectivity index (χ3n) is 4.68. The predicted molar refractivity (Wildman–Crippen MR) is 108 cm³/mol. The van der Waals surface area contributed by atoms with Gasteiger partial charge in [-0.2, -0.15) is 0 Å². The van der Waals surface area contributed by atoms with E-state index < -0.39 is 0 Å². The number of rotatable bonds is 6. The minimum atomic E-state index is -0.265. The van der Waals surface area contributed by atoms with E-state index in [1.54, 1.807) is 12.1 Å². The third kappa shape index (κ3) is 5.66. The van der Waals surface area contributed by atoms with E-state index in [0.717, 1.165) is 12.0 Å². The number of benzene rings is 1. The van der Waals surface area contributed by atoms with Crippen LogP contribution >= 0.6 is 12.2 Å². The van der Waals surface area contributed by atoms with Gasteiger partial charge in [0.15, 0.2) is 5.11 Å². The number of carbonyl (C=O) groups is 1. The Morgan fingerprint density at radius 1 is 1.23 bits per heavy atom. The van der Waals surface area contributed by atoms with Crippen molar-refractivity contribution in [2.24, 2.45) is 11.8 Å². The summed E-state index contributed by atoms with van der Waals surface area (Å²) in [5.74, 6) is 0.139. The summed E-state index contributed by atoms with van der Waals surface area (Å²) in [6.07, 6.45) is 0.955. The van der Waals surface area contributed by atoms with E-state index >= 15 is 0 Å². The van der Waals surface area contributed by atoms with Gasteiger partial charge < -0.3 is 15.5 Å². The van der Waals surface area contributed by atoms with Gasteiger partial charge in [0.2, 0.25) is 5.91 Å². The number of nitrogens with zero attached hydrogens (tertiary/aromatic N) is 1. The maximum atomic E-state index is 13.3. The Bertz CT molecular complexity index is 618. The van der Waals surface area contributed by atoms with Crippen LogP contribution in [0.2, 0.25) is 0 Å². The maximum Gasteiger partial charge on any atom is 0.225 e. The lowest BCUT2D eigenvalue weighted by molar-refractivity contribution is -0.124. The van der Waals surface area contributed by atoms with Gasteiger partial charge in [0.05, 0.1) is 5.92 Å². The van der Waals surface area contributed by atoms with Crippen LogP contribution < -0.4 is 10.6 Å². The minimum absolute atomic E-state index is 0.00145. The van der Waals surface area contributed by atoms with Crippen LogP contribution in [0, 0.1) is 17.7 Å². The predicted octanol–water partition coefficient (Wildman–Crippen LogP) is 3.29. The van der Waals surface area contributed by atoms with Crippen molar-refractivity contribution >= 4 is 23.2 Å². The molecule has 4 nitrogen and oxygen atoms in total. The average molecular weight is 380 g/mol. The smallest absolute Gasteiger partial charge is 0.225 e. The molecule has 144 valence electrons. The van der Waals surface area contributed by atoms with Gasteiger partial charge in [-0.3, -0.25) is 4.79 Å². The first kappa shape index (κ1) is 20.6. The van der Waals surface area contributed by atoms with Gasteiger partial charge in [0, 0.05) is 31.6 Å². The summed E-state index contributed by atoms with van der Waals surface area (Å²) in [6.45, 7) is 10.3. The van der Waals surface area contributed by atoms with E-state index in [4.69, 9.17) is 12.2 Å². The molecule has 2 atom stereocenters. The molecule has 1 aromatic carbocycles. The molecule has 0 spiro atoms. The monoisotopic (exact) mass is 379 g/mol. The third-order valence-corrected chi connectivity index (χ3v) is 5.05. The number of thiocarbonyl (C=S) groups is 1. The van der Waals surface area contributed by atoms with Gasteiger partial charge in [-0.1, -0.05) is 26.0 Å². The molecule has 6 heteroatoms. The first-order valence-electron chi connectivity index (χ1n) is 9.36. The highest BCUT2D eigenvalue weighted by atomic mass is 32.1. The molecule has 1 amide bonds. The minimum Gasteiger partial charge on any atom is -0.360 e. The zero-order valence-corrected chi connectivity index (χ0v) is 16.9. The highest BCUT2D eigenvalue weighted by molar-refractivity contribution is 7.80. The molecular weight excluding hydrogens is 349 g/mol. The van der Waals surface area contributed by atoms with Crippen LogP contribution in [-0.2, 0) is 4.79 Å². The molecule has 1 aliphatic rings. The second-order valence-electron chi connectivity index (χ2n) is 7.75. The van der Waals surface area contributed by atoms with Crippen molar-refractivity contribution < 1.29 is 9.18 Å². The first-order valence-corrected chi connectivity index (χ1v) is 9.77. The molecule has 0 radical (unpaired) electrons. The second-order valence-corrected chi connectivity index (χ2v) is 8.13. The number of hydrogen-bond acceptors (Lipinski definition) is 2. The summed E-state index contributed by atoms with van der Waals surface area (Å²) in [5, 5.41) is 6.98. The van der Waals surface area contributed by atoms with Crippen molar-refractivity contribution in [3.63, 3.8) is 0 Å². The molecule has 1 aromatic rings. The van der Waals surface area contributed by atoms with Crippen LogP contribution in [0.15, 0.2) is 24.3 Å². The Morgan fingerprint density at radius 2 is 1.88 bits per heavy atom. The largest absolute Gasteiger partial charge is 0.360 e. The topological polar surface area (TPSA) is 44.4 Å². The van der Waals surface area contributed by atoms with E-state index in [0.29, 0.717) is 30.7 Å². The Kier molecular flexibility index (Phi) is 7.38. The molecule has 0 saturated carbocycles. The standard InChI is InChI=1S/C20H30FN3OS/c1-13(2)9-10-22-19(25)18-12-24(20(26)23-14(3)4)11-17(18)15-5-7-16(21)8-6-15/h5-8,13-14,17-18H,9-12H2,1-4H3,(H,22,25)(H,23,26)/t17-,18-/m1/s1. The number of nitrogens with one attached hydrogen (secondary N) is 2. The second kappa shape index (κ2) is 9.31. The van der Waals surface area contributed by atoms with E-state index in [2.05, 4.69) is 29.4 Å². The Hall–Kier alpha value is -1.69. The van der Waals surface area contributed by atoms with Crippen molar-refractivity contribution in [2.75, 3.05) is 19.6 Å². The normalized spacial score (nSPS) is 19.9. The van der Waals surface area contributed by atoms with Gasteiger partial charge >= 0.3 is 0 Å². The lowest BCUT2D eigenvalue weighted by Crippen LogP contribution is -2.42. The number of likely N-dealkylation sites (tertiary alicyclic amines) is 1. The van der Waals surface area contributed by atoms with Crippen LogP contribution in [0.3, 0.4) is 0 Å². The molecular formula is C20H30FN3OS. The Balaban J connectivity index is 2.13. The van der Waals surface area contributed by atoms with Crippen molar-refractivity contribution in [3.8, 4) is 0 Å². The Labute approximate surface area is 161 Å². The average Bonchev–Trinajstić information content (AvgIpc) is 3.00. The van der Waals surface area contributed by atoms with E-state index in [1.165, 1.54) is 12.1 Å². The molecule has 1 heterocycles.